The first-order chi connectivity index (χ1) is 9.21. The molecule has 1 aliphatic carbocycles. The maximum Gasteiger partial charge on any atom is 0.134 e. The van der Waals surface area contributed by atoms with Gasteiger partial charge in [0, 0.05) is 18.7 Å². The molecule has 0 radical (unpaired) electrons. The summed E-state index contributed by atoms with van der Waals surface area (Å²) in [5.41, 5.74) is 1.67. The van der Waals surface area contributed by atoms with Crippen molar-refractivity contribution < 1.29 is 0 Å². The third-order valence-corrected chi connectivity index (χ3v) is 3.99. The molecule has 0 bridgehead atoms. The monoisotopic (exact) mass is 262 g/mol. The van der Waals surface area contributed by atoms with E-state index in [9.17, 15) is 0 Å². The zero-order valence-electron chi connectivity index (χ0n) is 12.4. The van der Waals surface area contributed by atoms with Gasteiger partial charge in [0.25, 0.3) is 0 Å². The minimum absolute atomic E-state index is 0.545. The molecule has 1 fully saturated rings. The first-order valence-corrected chi connectivity index (χ1v) is 7.50. The second-order valence-electron chi connectivity index (χ2n) is 5.73. The minimum Gasteiger partial charge on any atom is -0.370 e. The van der Waals surface area contributed by atoms with Crippen molar-refractivity contribution in [1.29, 1.82) is 0 Å². The van der Waals surface area contributed by atoms with Gasteiger partial charge in [-0.15, -0.1) is 0 Å². The molecule has 0 atom stereocenters. The molecule has 0 aliphatic heterocycles. The van der Waals surface area contributed by atoms with Crippen LogP contribution in [0.5, 0.6) is 0 Å². The smallest absolute Gasteiger partial charge is 0.134 e. The molecule has 1 aliphatic rings. The van der Waals surface area contributed by atoms with Crippen molar-refractivity contribution >= 4 is 11.6 Å². The van der Waals surface area contributed by atoms with Crippen LogP contribution in [0.1, 0.15) is 51.5 Å². The first-order valence-electron chi connectivity index (χ1n) is 7.50. The molecule has 19 heavy (non-hydrogen) atoms. The standard InChI is InChI=1S/C15H26N4/c1-4-6-15(7-8-15)10-17-14-12(3)13(16-9-5-2)18-11-19-14/h11H,4-10H2,1-3H3,(H2,16,17,18,19). The predicted octanol–water partition coefficient (Wildman–Crippen LogP) is 3.60. The number of rotatable bonds is 8. The van der Waals surface area contributed by atoms with Crippen LogP contribution in [0.15, 0.2) is 6.33 Å². The van der Waals surface area contributed by atoms with Crippen molar-refractivity contribution in [2.24, 2.45) is 5.41 Å². The summed E-state index contributed by atoms with van der Waals surface area (Å²) in [7, 11) is 0. The minimum atomic E-state index is 0.545. The van der Waals surface area contributed by atoms with E-state index >= 15 is 0 Å². The second kappa shape index (κ2) is 6.22. The van der Waals surface area contributed by atoms with Crippen molar-refractivity contribution in [3.05, 3.63) is 11.9 Å². The van der Waals surface area contributed by atoms with Crippen LogP contribution in [0.25, 0.3) is 0 Å². The Morgan fingerprint density at radius 3 is 2.37 bits per heavy atom. The highest BCUT2D eigenvalue weighted by molar-refractivity contribution is 5.56. The maximum atomic E-state index is 4.38. The van der Waals surface area contributed by atoms with E-state index in [0.717, 1.165) is 36.7 Å². The van der Waals surface area contributed by atoms with Crippen molar-refractivity contribution in [1.82, 2.24) is 9.97 Å². The van der Waals surface area contributed by atoms with Crippen LogP contribution in [-0.2, 0) is 0 Å². The molecule has 1 saturated carbocycles. The average Bonchev–Trinajstić information content (AvgIpc) is 3.17. The third kappa shape index (κ3) is 3.58. The lowest BCUT2D eigenvalue weighted by Gasteiger charge is -2.17. The summed E-state index contributed by atoms with van der Waals surface area (Å²) in [4.78, 5) is 8.69. The van der Waals surface area contributed by atoms with Gasteiger partial charge in [-0.05, 0) is 38.0 Å². The number of hydrogen-bond acceptors (Lipinski definition) is 4. The molecule has 0 amide bonds. The summed E-state index contributed by atoms with van der Waals surface area (Å²) in [6.07, 6.45) is 8.06. The molecule has 1 aromatic rings. The maximum absolute atomic E-state index is 4.38. The molecule has 1 aromatic heterocycles. The quantitative estimate of drug-likeness (QED) is 0.751. The molecule has 0 spiro atoms. The van der Waals surface area contributed by atoms with Gasteiger partial charge in [-0.2, -0.15) is 0 Å². The fourth-order valence-corrected chi connectivity index (χ4v) is 2.54. The summed E-state index contributed by atoms with van der Waals surface area (Å²) in [5, 5.41) is 6.88. The van der Waals surface area contributed by atoms with Gasteiger partial charge < -0.3 is 10.6 Å². The van der Waals surface area contributed by atoms with Gasteiger partial charge in [-0.3, -0.25) is 0 Å². The van der Waals surface area contributed by atoms with Gasteiger partial charge in [0.2, 0.25) is 0 Å². The third-order valence-electron chi connectivity index (χ3n) is 3.99. The Hall–Kier alpha value is -1.32. The van der Waals surface area contributed by atoms with E-state index in [4.69, 9.17) is 0 Å². The molecule has 2 rings (SSSR count). The highest BCUT2D eigenvalue weighted by Gasteiger charge is 2.41. The van der Waals surface area contributed by atoms with Crippen LogP contribution < -0.4 is 10.6 Å². The fourth-order valence-electron chi connectivity index (χ4n) is 2.54. The molecule has 4 nitrogen and oxygen atoms in total. The Balaban J connectivity index is 1.96. The van der Waals surface area contributed by atoms with Crippen LogP contribution in [-0.4, -0.2) is 23.1 Å². The Morgan fingerprint density at radius 2 is 1.79 bits per heavy atom. The van der Waals surface area contributed by atoms with Crippen LogP contribution in [0.2, 0.25) is 0 Å². The summed E-state index contributed by atoms with van der Waals surface area (Å²) in [5.74, 6) is 1.94. The van der Waals surface area contributed by atoms with E-state index in [1.807, 2.05) is 0 Å². The Morgan fingerprint density at radius 1 is 1.11 bits per heavy atom. The topological polar surface area (TPSA) is 49.8 Å². The SMILES string of the molecule is CCCNc1ncnc(NCC2(CCC)CC2)c1C. The zero-order chi connectivity index (χ0) is 13.7. The number of nitrogens with one attached hydrogen (secondary N) is 2. The molecular formula is C15H26N4. The lowest BCUT2D eigenvalue weighted by atomic mass is 10.0. The number of hydrogen-bond donors (Lipinski definition) is 2. The van der Waals surface area contributed by atoms with E-state index in [-0.39, 0.29) is 0 Å². The normalized spacial score (nSPS) is 16.2. The van der Waals surface area contributed by atoms with E-state index in [1.54, 1.807) is 6.33 Å². The molecule has 1 heterocycles. The summed E-state index contributed by atoms with van der Waals surface area (Å²) < 4.78 is 0. The Kier molecular flexibility index (Phi) is 4.61. The lowest BCUT2D eigenvalue weighted by molar-refractivity contribution is 0.485. The average molecular weight is 262 g/mol. The van der Waals surface area contributed by atoms with Crippen LogP contribution >= 0.6 is 0 Å². The highest BCUT2D eigenvalue weighted by Crippen LogP contribution is 2.49. The Labute approximate surface area is 116 Å². The van der Waals surface area contributed by atoms with Gasteiger partial charge >= 0.3 is 0 Å². The van der Waals surface area contributed by atoms with Crippen LogP contribution in [0.3, 0.4) is 0 Å². The first kappa shape index (κ1) is 14.1. The zero-order valence-corrected chi connectivity index (χ0v) is 12.4. The molecule has 0 aromatic carbocycles. The highest BCUT2D eigenvalue weighted by atomic mass is 15.1. The summed E-state index contributed by atoms with van der Waals surface area (Å²) in [6.45, 7) is 8.51. The largest absolute Gasteiger partial charge is 0.370 e. The van der Waals surface area contributed by atoms with Crippen molar-refractivity contribution in [3.8, 4) is 0 Å². The molecular weight excluding hydrogens is 236 g/mol. The molecule has 2 N–H and O–H groups in total. The molecule has 106 valence electrons. The number of aromatic nitrogens is 2. The fraction of sp³-hybridized carbons (Fsp3) is 0.733. The van der Waals surface area contributed by atoms with Gasteiger partial charge in [-0.25, -0.2) is 9.97 Å². The number of anilines is 2. The van der Waals surface area contributed by atoms with Crippen LogP contribution in [0, 0.1) is 12.3 Å². The summed E-state index contributed by atoms with van der Waals surface area (Å²) in [6, 6.07) is 0. The molecule has 0 saturated heterocycles. The van der Waals surface area contributed by atoms with Gasteiger partial charge in [-0.1, -0.05) is 20.3 Å². The van der Waals surface area contributed by atoms with Crippen molar-refractivity contribution in [2.75, 3.05) is 23.7 Å². The van der Waals surface area contributed by atoms with Gasteiger partial charge in [0.05, 0.1) is 0 Å². The van der Waals surface area contributed by atoms with Crippen molar-refractivity contribution in [3.63, 3.8) is 0 Å². The van der Waals surface area contributed by atoms with Gasteiger partial charge in [0.15, 0.2) is 0 Å². The number of nitrogens with zero attached hydrogens (tertiary/aromatic N) is 2. The molecule has 4 heteroatoms. The van der Waals surface area contributed by atoms with E-state index < -0.39 is 0 Å². The van der Waals surface area contributed by atoms with Gasteiger partial charge in [0.1, 0.15) is 18.0 Å². The van der Waals surface area contributed by atoms with E-state index in [0.29, 0.717) is 5.41 Å². The lowest BCUT2D eigenvalue weighted by Crippen LogP contribution is -2.17. The Bertz CT molecular complexity index is 413. The summed E-state index contributed by atoms with van der Waals surface area (Å²) >= 11 is 0. The van der Waals surface area contributed by atoms with Crippen LogP contribution in [0.4, 0.5) is 11.6 Å². The predicted molar refractivity (Wildman–Crippen MR) is 80.6 cm³/mol. The van der Waals surface area contributed by atoms with Crippen molar-refractivity contribution in [2.45, 2.75) is 52.9 Å². The molecule has 0 unspecified atom stereocenters. The van der Waals surface area contributed by atoms with E-state index in [1.165, 1.54) is 25.7 Å². The van der Waals surface area contributed by atoms with E-state index in [2.05, 4.69) is 41.4 Å². The second-order valence-corrected chi connectivity index (χ2v) is 5.73.